The average Bonchev–Trinajstić information content (AvgIpc) is 2.46. The Hall–Kier alpha value is -1.86. The van der Waals surface area contributed by atoms with E-state index in [2.05, 4.69) is 26.8 Å². The highest BCUT2D eigenvalue weighted by molar-refractivity contribution is 6.42. The number of hydrogen-bond donors (Lipinski definition) is 0. The van der Waals surface area contributed by atoms with Gasteiger partial charge in [-0.2, -0.15) is 0 Å². The SMILES string of the molecule is CC(C)(C)c1cccc2c(Cl)c3ccccc3c(C=O)c12. The van der Waals surface area contributed by atoms with Crippen LogP contribution in [0.2, 0.25) is 5.02 Å². The number of hydrogen-bond acceptors (Lipinski definition) is 1. The summed E-state index contributed by atoms with van der Waals surface area (Å²) in [6, 6.07) is 13.9. The second-order valence-electron chi connectivity index (χ2n) is 6.37. The van der Waals surface area contributed by atoms with E-state index in [1.165, 1.54) is 0 Å². The molecule has 1 nitrogen and oxygen atoms in total. The lowest BCUT2D eigenvalue weighted by Gasteiger charge is -2.23. The molecule has 0 radical (unpaired) electrons. The van der Waals surface area contributed by atoms with Crippen molar-refractivity contribution in [1.29, 1.82) is 0 Å². The lowest BCUT2D eigenvalue weighted by molar-refractivity contribution is 0.112. The Bertz CT molecular complexity index is 857. The summed E-state index contributed by atoms with van der Waals surface area (Å²) in [6.07, 6.45) is 0.955. The van der Waals surface area contributed by atoms with Crippen LogP contribution in [-0.2, 0) is 5.41 Å². The standard InChI is InChI=1S/C19H17ClO/c1-19(2,3)16-10-6-9-14-17(16)15(11-21)12-7-4-5-8-13(12)18(14)20/h4-11H,1-3H3. The van der Waals surface area contributed by atoms with Gasteiger partial charge in [0.15, 0.2) is 6.29 Å². The molecule has 0 amide bonds. The van der Waals surface area contributed by atoms with Crippen LogP contribution in [-0.4, -0.2) is 6.29 Å². The molecule has 0 bridgehead atoms. The van der Waals surface area contributed by atoms with Crippen molar-refractivity contribution in [2.24, 2.45) is 0 Å². The van der Waals surface area contributed by atoms with Crippen LogP contribution >= 0.6 is 11.6 Å². The van der Waals surface area contributed by atoms with E-state index in [9.17, 15) is 4.79 Å². The molecule has 3 rings (SSSR count). The highest BCUT2D eigenvalue weighted by atomic mass is 35.5. The van der Waals surface area contributed by atoms with Gasteiger partial charge in [0.05, 0.1) is 5.02 Å². The summed E-state index contributed by atoms with van der Waals surface area (Å²) in [5, 5.41) is 4.49. The van der Waals surface area contributed by atoms with Gasteiger partial charge < -0.3 is 0 Å². The first-order valence-electron chi connectivity index (χ1n) is 7.03. The molecule has 0 fully saturated rings. The van der Waals surface area contributed by atoms with Gasteiger partial charge in [0.25, 0.3) is 0 Å². The zero-order chi connectivity index (χ0) is 15.2. The third kappa shape index (κ3) is 2.13. The van der Waals surface area contributed by atoms with Crippen LogP contribution in [0.5, 0.6) is 0 Å². The van der Waals surface area contributed by atoms with Gasteiger partial charge >= 0.3 is 0 Å². The molecule has 3 aromatic carbocycles. The molecular formula is C19H17ClO. The molecule has 0 unspecified atom stereocenters. The Morgan fingerprint density at radius 2 is 1.52 bits per heavy atom. The van der Waals surface area contributed by atoms with Crippen molar-refractivity contribution >= 4 is 39.4 Å². The van der Waals surface area contributed by atoms with Crippen LogP contribution in [0.15, 0.2) is 42.5 Å². The van der Waals surface area contributed by atoms with Crippen LogP contribution in [0.4, 0.5) is 0 Å². The van der Waals surface area contributed by atoms with E-state index in [0.29, 0.717) is 0 Å². The lowest BCUT2D eigenvalue weighted by Crippen LogP contribution is -2.12. The lowest BCUT2D eigenvalue weighted by atomic mass is 9.81. The van der Waals surface area contributed by atoms with E-state index in [0.717, 1.165) is 44.0 Å². The van der Waals surface area contributed by atoms with Gasteiger partial charge in [-0.3, -0.25) is 4.79 Å². The maximum Gasteiger partial charge on any atom is 0.151 e. The first-order chi connectivity index (χ1) is 9.95. The first kappa shape index (κ1) is 14.1. The quantitative estimate of drug-likeness (QED) is 0.412. The number of aldehydes is 1. The van der Waals surface area contributed by atoms with Crippen LogP contribution in [0.25, 0.3) is 21.5 Å². The van der Waals surface area contributed by atoms with Crippen LogP contribution < -0.4 is 0 Å². The molecule has 2 heteroatoms. The third-order valence-corrected chi connectivity index (χ3v) is 4.36. The highest BCUT2D eigenvalue weighted by Gasteiger charge is 2.21. The highest BCUT2D eigenvalue weighted by Crippen LogP contribution is 2.40. The molecule has 0 aliphatic heterocycles. The Labute approximate surface area is 129 Å². The Morgan fingerprint density at radius 1 is 0.905 bits per heavy atom. The summed E-state index contributed by atoms with van der Waals surface area (Å²) in [7, 11) is 0. The van der Waals surface area contributed by atoms with E-state index in [1.807, 2.05) is 36.4 Å². The number of carbonyl (C=O) groups is 1. The number of halogens is 1. The normalized spacial score (nSPS) is 12.0. The summed E-state index contributed by atoms with van der Waals surface area (Å²) < 4.78 is 0. The van der Waals surface area contributed by atoms with E-state index in [-0.39, 0.29) is 5.41 Å². The number of fused-ring (bicyclic) bond motifs is 2. The molecule has 106 valence electrons. The van der Waals surface area contributed by atoms with Gasteiger partial charge in [-0.25, -0.2) is 0 Å². The van der Waals surface area contributed by atoms with E-state index in [4.69, 9.17) is 11.6 Å². The molecule has 0 spiro atoms. The largest absolute Gasteiger partial charge is 0.298 e. The fraction of sp³-hybridized carbons (Fsp3) is 0.211. The van der Waals surface area contributed by atoms with Crippen LogP contribution in [0.3, 0.4) is 0 Å². The Kier molecular flexibility index (Phi) is 3.26. The fourth-order valence-electron chi connectivity index (χ4n) is 2.96. The topological polar surface area (TPSA) is 17.1 Å². The second-order valence-corrected chi connectivity index (χ2v) is 6.75. The number of benzene rings is 3. The van der Waals surface area contributed by atoms with Crippen molar-refractivity contribution in [3.8, 4) is 0 Å². The van der Waals surface area contributed by atoms with Gasteiger partial charge in [0.2, 0.25) is 0 Å². The van der Waals surface area contributed by atoms with Crippen LogP contribution in [0, 0.1) is 0 Å². The summed E-state index contributed by atoms with van der Waals surface area (Å²) in [6.45, 7) is 6.46. The minimum Gasteiger partial charge on any atom is -0.298 e. The van der Waals surface area contributed by atoms with E-state index >= 15 is 0 Å². The van der Waals surface area contributed by atoms with E-state index in [1.54, 1.807) is 0 Å². The monoisotopic (exact) mass is 296 g/mol. The van der Waals surface area contributed by atoms with Crippen molar-refractivity contribution in [1.82, 2.24) is 0 Å². The molecule has 0 aromatic heterocycles. The zero-order valence-corrected chi connectivity index (χ0v) is 13.2. The minimum absolute atomic E-state index is 0.0525. The smallest absolute Gasteiger partial charge is 0.151 e. The van der Waals surface area contributed by atoms with Crippen molar-refractivity contribution in [3.05, 3.63) is 58.6 Å². The van der Waals surface area contributed by atoms with Gasteiger partial charge in [0, 0.05) is 16.3 Å². The summed E-state index contributed by atoms with van der Waals surface area (Å²) in [4.78, 5) is 11.8. The molecule has 0 atom stereocenters. The molecule has 0 aliphatic carbocycles. The second kappa shape index (κ2) is 4.85. The van der Waals surface area contributed by atoms with E-state index < -0.39 is 0 Å². The predicted molar refractivity (Wildman–Crippen MR) is 90.6 cm³/mol. The Balaban J connectivity index is 2.65. The molecule has 0 aliphatic rings. The number of carbonyl (C=O) groups excluding carboxylic acids is 1. The zero-order valence-electron chi connectivity index (χ0n) is 12.4. The molecule has 0 saturated heterocycles. The predicted octanol–water partition coefficient (Wildman–Crippen LogP) is 5.76. The van der Waals surface area contributed by atoms with Gasteiger partial charge in [-0.05, 0) is 21.8 Å². The molecule has 0 N–H and O–H groups in total. The Morgan fingerprint density at radius 3 is 2.14 bits per heavy atom. The van der Waals surface area contributed by atoms with Crippen molar-refractivity contribution in [2.45, 2.75) is 26.2 Å². The molecule has 0 heterocycles. The maximum absolute atomic E-state index is 11.8. The molecule has 3 aromatic rings. The summed E-state index contributed by atoms with van der Waals surface area (Å²) in [5.74, 6) is 0. The molecular weight excluding hydrogens is 280 g/mol. The number of rotatable bonds is 1. The summed E-state index contributed by atoms with van der Waals surface area (Å²) in [5.41, 5.74) is 1.83. The average molecular weight is 297 g/mol. The van der Waals surface area contributed by atoms with Crippen molar-refractivity contribution in [3.63, 3.8) is 0 Å². The minimum atomic E-state index is -0.0525. The van der Waals surface area contributed by atoms with Crippen molar-refractivity contribution in [2.75, 3.05) is 0 Å². The summed E-state index contributed by atoms with van der Waals surface area (Å²) >= 11 is 6.61. The third-order valence-electron chi connectivity index (χ3n) is 3.95. The first-order valence-corrected chi connectivity index (χ1v) is 7.41. The maximum atomic E-state index is 11.8. The fourth-order valence-corrected chi connectivity index (χ4v) is 3.28. The van der Waals surface area contributed by atoms with Gasteiger partial charge in [-0.15, -0.1) is 0 Å². The van der Waals surface area contributed by atoms with Crippen LogP contribution in [0.1, 0.15) is 36.7 Å². The van der Waals surface area contributed by atoms with Crippen molar-refractivity contribution < 1.29 is 4.79 Å². The van der Waals surface area contributed by atoms with Gasteiger partial charge in [-0.1, -0.05) is 74.8 Å². The van der Waals surface area contributed by atoms with Gasteiger partial charge in [0.1, 0.15) is 0 Å². The molecule has 0 saturated carbocycles. The molecule has 21 heavy (non-hydrogen) atoms.